The predicted octanol–water partition coefficient (Wildman–Crippen LogP) is 1.91. The van der Waals surface area contributed by atoms with E-state index in [1.807, 2.05) is 4.90 Å². The molecule has 0 atom stereocenters. The predicted molar refractivity (Wildman–Crippen MR) is 98.7 cm³/mol. The Balaban J connectivity index is 1.64. The molecule has 0 aromatic heterocycles. The van der Waals surface area contributed by atoms with Crippen LogP contribution in [0.25, 0.3) is 0 Å². The van der Waals surface area contributed by atoms with Gasteiger partial charge in [-0.3, -0.25) is 9.59 Å². The normalized spacial score (nSPS) is 15.0. The molecule has 0 radical (unpaired) electrons. The maximum Gasteiger partial charge on any atom is 0.255 e. The fourth-order valence-electron chi connectivity index (χ4n) is 2.77. The molecule has 0 spiro atoms. The summed E-state index contributed by atoms with van der Waals surface area (Å²) in [6, 6.07) is 13.8. The van der Waals surface area contributed by atoms with Crippen molar-refractivity contribution in [3.8, 4) is 0 Å². The highest BCUT2D eigenvalue weighted by Crippen LogP contribution is 2.15. The molecule has 1 aliphatic heterocycles. The van der Waals surface area contributed by atoms with Crippen molar-refractivity contribution in [1.82, 2.24) is 9.80 Å². The summed E-state index contributed by atoms with van der Waals surface area (Å²) in [6.45, 7) is 3.26. The smallest absolute Gasteiger partial charge is 0.255 e. The first-order valence-electron chi connectivity index (χ1n) is 8.28. The number of nitrogens with two attached hydrogens (primary N) is 1. The summed E-state index contributed by atoms with van der Waals surface area (Å²) < 4.78 is 0. The van der Waals surface area contributed by atoms with Crippen molar-refractivity contribution in [3.05, 3.63) is 59.7 Å². The van der Waals surface area contributed by atoms with E-state index in [0.29, 0.717) is 22.5 Å². The van der Waals surface area contributed by atoms with Crippen LogP contribution in [-0.4, -0.2) is 54.8 Å². The minimum Gasteiger partial charge on any atom is -0.399 e. The number of hydrogen-bond donors (Lipinski definition) is 2. The lowest BCUT2D eigenvalue weighted by atomic mass is 10.1. The Morgan fingerprint density at radius 3 is 2.28 bits per heavy atom. The van der Waals surface area contributed by atoms with Crippen molar-refractivity contribution in [2.45, 2.75) is 0 Å². The van der Waals surface area contributed by atoms with Gasteiger partial charge in [-0.2, -0.15) is 0 Å². The Bertz CT molecular complexity index is 765. The number of nitrogen functional groups attached to an aromatic ring is 1. The highest BCUT2D eigenvalue weighted by molar-refractivity contribution is 6.05. The molecule has 2 aromatic rings. The summed E-state index contributed by atoms with van der Waals surface area (Å²) in [6.07, 6.45) is 0. The third-order valence-electron chi connectivity index (χ3n) is 4.33. The average Bonchev–Trinajstić information content (AvgIpc) is 2.62. The van der Waals surface area contributed by atoms with E-state index in [2.05, 4.69) is 17.3 Å². The highest BCUT2D eigenvalue weighted by atomic mass is 16.2. The standard InChI is InChI=1S/C19H22N4O2/c1-22-9-11-23(12-10-22)19(25)14-5-7-17(8-6-14)21-18(24)15-3-2-4-16(20)13-15/h2-8,13H,9-12,20H2,1H3,(H,21,24). The fourth-order valence-corrected chi connectivity index (χ4v) is 2.77. The number of piperazine rings is 1. The maximum absolute atomic E-state index is 12.5. The van der Waals surface area contributed by atoms with E-state index in [1.165, 1.54) is 0 Å². The Labute approximate surface area is 147 Å². The SMILES string of the molecule is CN1CCN(C(=O)c2ccc(NC(=O)c3cccc(N)c3)cc2)CC1. The first kappa shape index (κ1) is 17.0. The molecule has 130 valence electrons. The van der Waals surface area contributed by atoms with Crippen LogP contribution in [-0.2, 0) is 0 Å². The van der Waals surface area contributed by atoms with Gasteiger partial charge >= 0.3 is 0 Å². The molecule has 2 amide bonds. The lowest BCUT2D eigenvalue weighted by Crippen LogP contribution is -2.47. The van der Waals surface area contributed by atoms with Gasteiger partial charge in [0.2, 0.25) is 0 Å². The van der Waals surface area contributed by atoms with E-state index in [9.17, 15) is 9.59 Å². The van der Waals surface area contributed by atoms with E-state index < -0.39 is 0 Å². The molecule has 0 saturated carbocycles. The summed E-state index contributed by atoms with van der Waals surface area (Å²) in [7, 11) is 2.06. The second kappa shape index (κ2) is 7.36. The number of amides is 2. The number of nitrogens with zero attached hydrogens (tertiary/aromatic N) is 2. The van der Waals surface area contributed by atoms with Crippen LogP contribution in [0.5, 0.6) is 0 Å². The molecule has 1 saturated heterocycles. The van der Waals surface area contributed by atoms with E-state index in [-0.39, 0.29) is 11.8 Å². The van der Waals surface area contributed by atoms with Crippen LogP contribution in [0.2, 0.25) is 0 Å². The zero-order chi connectivity index (χ0) is 17.8. The van der Waals surface area contributed by atoms with Gasteiger partial charge in [0, 0.05) is 48.7 Å². The van der Waals surface area contributed by atoms with Gasteiger partial charge in [-0.15, -0.1) is 0 Å². The Hall–Kier alpha value is -2.86. The van der Waals surface area contributed by atoms with Crippen molar-refractivity contribution in [2.24, 2.45) is 0 Å². The van der Waals surface area contributed by atoms with Gasteiger partial charge in [0.05, 0.1) is 0 Å². The van der Waals surface area contributed by atoms with Gasteiger partial charge in [0.25, 0.3) is 11.8 Å². The summed E-state index contributed by atoms with van der Waals surface area (Å²) >= 11 is 0. The van der Waals surface area contributed by atoms with Gasteiger partial charge in [-0.05, 0) is 49.5 Å². The van der Waals surface area contributed by atoms with Crippen molar-refractivity contribution in [1.29, 1.82) is 0 Å². The summed E-state index contributed by atoms with van der Waals surface area (Å²) in [5.74, 6) is -0.202. The Morgan fingerprint density at radius 2 is 1.64 bits per heavy atom. The molecule has 2 aromatic carbocycles. The minimum atomic E-state index is -0.231. The van der Waals surface area contributed by atoms with Crippen LogP contribution in [0, 0.1) is 0 Å². The first-order chi connectivity index (χ1) is 12.0. The lowest BCUT2D eigenvalue weighted by molar-refractivity contribution is 0.0664. The number of carbonyl (C=O) groups excluding carboxylic acids is 2. The van der Waals surface area contributed by atoms with E-state index in [0.717, 1.165) is 26.2 Å². The molecule has 6 heteroatoms. The van der Waals surface area contributed by atoms with Crippen LogP contribution in [0.3, 0.4) is 0 Å². The monoisotopic (exact) mass is 338 g/mol. The number of likely N-dealkylation sites (N-methyl/N-ethyl adjacent to an activating group) is 1. The van der Waals surface area contributed by atoms with E-state index in [1.54, 1.807) is 48.5 Å². The number of benzene rings is 2. The second-order valence-corrected chi connectivity index (χ2v) is 6.25. The third-order valence-corrected chi connectivity index (χ3v) is 4.33. The van der Waals surface area contributed by atoms with Gasteiger partial charge in [0.1, 0.15) is 0 Å². The molecular formula is C19H22N4O2. The molecule has 6 nitrogen and oxygen atoms in total. The van der Waals surface area contributed by atoms with Gasteiger partial charge < -0.3 is 20.9 Å². The number of hydrogen-bond acceptors (Lipinski definition) is 4. The summed E-state index contributed by atoms with van der Waals surface area (Å²) in [4.78, 5) is 28.8. The molecule has 0 aliphatic carbocycles. The van der Waals surface area contributed by atoms with Gasteiger partial charge in [-0.25, -0.2) is 0 Å². The number of anilines is 2. The van der Waals surface area contributed by atoms with Gasteiger partial charge in [-0.1, -0.05) is 6.07 Å². The molecule has 3 N–H and O–H groups in total. The number of carbonyl (C=O) groups is 2. The zero-order valence-electron chi connectivity index (χ0n) is 14.2. The third kappa shape index (κ3) is 4.16. The molecule has 1 heterocycles. The van der Waals surface area contributed by atoms with Crippen molar-refractivity contribution in [2.75, 3.05) is 44.3 Å². The summed E-state index contributed by atoms with van der Waals surface area (Å²) in [5.41, 5.74) is 8.01. The van der Waals surface area contributed by atoms with Crippen LogP contribution in [0.15, 0.2) is 48.5 Å². The number of rotatable bonds is 3. The van der Waals surface area contributed by atoms with Crippen molar-refractivity contribution in [3.63, 3.8) is 0 Å². The Kier molecular flexibility index (Phi) is 5.00. The topological polar surface area (TPSA) is 78.7 Å². The highest BCUT2D eigenvalue weighted by Gasteiger charge is 2.20. The molecule has 1 aliphatic rings. The molecule has 25 heavy (non-hydrogen) atoms. The first-order valence-corrected chi connectivity index (χ1v) is 8.28. The van der Waals surface area contributed by atoms with Crippen molar-refractivity contribution < 1.29 is 9.59 Å². The molecule has 3 rings (SSSR count). The molecule has 1 fully saturated rings. The number of nitrogens with one attached hydrogen (secondary N) is 1. The average molecular weight is 338 g/mol. The molecular weight excluding hydrogens is 316 g/mol. The second-order valence-electron chi connectivity index (χ2n) is 6.25. The quantitative estimate of drug-likeness (QED) is 0.838. The van der Waals surface area contributed by atoms with Gasteiger partial charge in [0.15, 0.2) is 0 Å². The Morgan fingerprint density at radius 1 is 0.960 bits per heavy atom. The fraction of sp³-hybridized carbons (Fsp3) is 0.263. The van der Waals surface area contributed by atoms with Crippen LogP contribution in [0.4, 0.5) is 11.4 Å². The van der Waals surface area contributed by atoms with E-state index in [4.69, 9.17) is 5.73 Å². The van der Waals surface area contributed by atoms with Crippen LogP contribution >= 0.6 is 0 Å². The van der Waals surface area contributed by atoms with Crippen LogP contribution < -0.4 is 11.1 Å². The minimum absolute atomic E-state index is 0.0295. The lowest BCUT2D eigenvalue weighted by Gasteiger charge is -2.32. The summed E-state index contributed by atoms with van der Waals surface area (Å²) in [5, 5.41) is 2.81. The molecule has 0 bridgehead atoms. The van der Waals surface area contributed by atoms with Crippen LogP contribution in [0.1, 0.15) is 20.7 Å². The van der Waals surface area contributed by atoms with Crippen molar-refractivity contribution >= 4 is 23.2 Å². The maximum atomic E-state index is 12.5. The largest absolute Gasteiger partial charge is 0.399 e. The molecule has 0 unspecified atom stereocenters. The zero-order valence-corrected chi connectivity index (χ0v) is 14.2. The van der Waals surface area contributed by atoms with E-state index >= 15 is 0 Å².